The average Bonchev–Trinajstić information content (AvgIpc) is 2.55. The second-order valence-electron chi connectivity index (χ2n) is 5.81. The van der Waals surface area contributed by atoms with Crippen molar-refractivity contribution in [2.75, 3.05) is 26.7 Å². The van der Waals surface area contributed by atoms with Crippen molar-refractivity contribution in [2.24, 2.45) is 0 Å². The number of carbonyl (C=O) groups excluding carboxylic acids is 1. The molecule has 0 N–H and O–H groups in total. The minimum absolute atomic E-state index is 0.0693. The molecule has 3 nitrogen and oxygen atoms in total. The molecule has 3 rings (SSSR count). The van der Waals surface area contributed by atoms with Crippen LogP contribution in [0.2, 0.25) is 5.02 Å². The fourth-order valence-corrected chi connectivity index (χ4v) is 3.10. The second-order valence-corrected chi connectivity index (χ2v) is 6.25. The molecule has 0 bridgehead atoms. The van der Waals surface area contributed by atoms with Crippen LogP contribution in [0.3, 0.4) is 0 Å². The SMILES string of the molecule is CN1CCN(C(=O)c2ccc(Cl)cc2F)[C@H](c2ccccc2)C1. The zero-order chi connectivity index (χ0) is 16.4. The highest BCUT2D eigenvalue weighted by Crippen LogP contribution is 2.27. The van der Waals surface area contributed by atoms with Gasteiger partial charge in [0.05, 0.1) is 11.6 Å². The largest absolute Gasteiger partial charge is 0.329 e. The van der Waals surface area contributed by atoms with Gasteiger partial charge in [-0.3, -0.25) is 4.79 Å². The Bertz CT molecular complexity index is 707. The molecule has 1 fully saturated rings. The van der Waals surface area contributed by atoms with Gasteiger partial charge in [-0.05, 0) is 30.8 Å². The van der Waals surface area contributed by atoms with E-state index in [0.29, 0.717) is 6.54 Å². The summed E-state index contributed by atoms with van der Waals surface area (Å²) in [5.74, 6) is -0.866. The van der Waals surface area contributed by atoms with Crippen molar-refractivity contribution in [3.05, 3.63) is 70.5 Å². The summed E-state index contributed by atoms with van der Waals surface area (Å²) in [6.45, 7) is 2.06. The van der Waals surface area contributed by atoms with Gasteiger partial charge in [0.15, 0.2) is 0 Å². The monoisotopic (exact) mass is 332 g/mol. The molecule has 2 aromatic rings. The third-order valence-electron chi connectivity index (χ3n) is 4.19. The van der Waals surface area contributed by atoms with Crippen LogP contribution in [0.5, 0.6) is 0 Å². The Balaban J connectivity index is 1.93. The number of likely N-dealkylation sites (N-methyl/N-ethyl adjacent to an activating group) is 1. The van der Waals surface area contributed by atoms with Crippen LogP contribution >= 0.6 is 11.6 Å². The van der Waals surface area contributed by atoms with Crippen LogP contribution in [0, 0.1) is 5.82 Å². The average molecular weight is 333 g/mol. The smallest absolute Gasteiger partial charge is 0.257 e. The number of piperazine rings is 1. The molecule has 1 heterocycles. The van der Waals surface area contributed by atoms with Gasteiger partial charge in [-0.15, -0.1) is 0 Å². The van der Waals surface area contributed by atoms with Crippen LogP contribution in [-0.2, 0) is 0 Å². The molecule has 0 aliphatic carbocycles. The van der Waals surface area contributed by atoms with Crippen LogP contribution < -0.4 is 0 Å². The van der Waals surface area contributed by atoms with Crippen molar-refractivity contribution < 1.29 is 9.18 Å². The molecule has 0 aromatic heterocycles. The standard InChI is InChI=1S/C18H18ClFN2O/c1-21-9-10-22(17(12-21)13-5-3-2-4-6-13)18(23)15-8-7-14(19)11-16(15)20/h2-8,11,17H,9-10,12H2,1H3/t17-/m0/s1. The Labute approximate surface area is 140 Å². The van der Waals surface area contributed by atoms with Gasteiger partial charge in [0.1, 0.15) is 5.82 Å². The van der Waals surface area contributed by atoms with Gasteiger partial charge in [0.2, 0.25) is 0 Å². The molecule has 1 aliphatic rings. The molecule has 0 unspecified atom stereocenters. The van der Waals surface area contributed by atoms with E-state index in [0.717, 1.165) is 18.7 Å². The van der Waals surface area contributed by atoms with Crippen molar-refractivity contribution in [1.29, 1.82) is 0 Å². The summed E-state index contributed by atoms with van der Waals surface area (Å²) in [4.78, 5) is 16.8. The quantitative estimate of drug-likeness (QED) is 0.838. The van der Waals surface area contributed by atoms with E-state index < -0.39 is 5.82 Å². The predicted octanol–water partition coefficient (Wildman–Crippen LogP) is 3.61. The van der Waals surface area contributed by atoms with E-state index >= 15 is 0 Å². The topological polar surface area (TPSA) is 23.6 Å². The summed E-state index contributed by atoms with van der Waals surface area (Å²) in [6, 6.07) is 14.0. The highest BCUT2D eigenvalue weighted by Gasteiger charge is 2.31. The molecule has 0 spiro atoms. The summed E-state index contributed by atoms with van der Waals surface area (Å²) < 4.78 is 14.1. The Morgan fingerprint density at radius 3 is 2.61 bits per heavy atom. The van der Waals surface area contributed by atoms with Crippen LogP contribution in [0.25, 0.3) is 0 Å². The van der Waals surface area contributed by atoms with E-state index in [9.17, 15) is 9.18 Å². The Morgan fingerprint density at radius 2 is 1.91 bits per heavy atom. The number of carbonyl (C=O) groups is 1. The zero-order valence-electron chi connectivity index (χ0n) is 12.9. The first-order valence-corrected chi connectivity index (χ1v) is 7.93. The van der Waals surface area contributed by atoms with Gasteiger partial charge in [-0.2, -0.15) is 0 Å². The Morgan fingerprint density at radius 1 is 1.17 bits per heavy atom. The highest BCUT2D eigenvalue weighted by atomic mass is 35.5. The van der Waals surface area contributed by atoms with Crippen molar-refractivity contribution in [3.63, 3.8) is 0 Å². The lowest BCUT2D eigenvalue weighted by Crippen LogP contribution is -2.49. The molecule has 5 heteroatoms. The summed E-state index contributed by atoms with van der Waals surface area (Å²) in [6.07, 6.45) is 0. The number of amides is 1. The first-order valence-electron chi connectivity index (χ1n) is 7.56. The van der Waals surface area contributed by atoms with Crippen LogP contribution in [-0.4, -0.2) is 42.4 Å². The van der Waals surface area contributed by atoms with E-state index in [2.05, 4.69) is 4.90 Å². The van der Waals surface area contributed by atoms with Gasteiger partial charge in [-0.25, -0.2) is 4.39 Å². The minimum Gasteiger partial charge on any atom is -0.329 e. The second kappa shape index (κ2) is 6.69. The van der Waals surface area contributed by atoms with Crippen molar-refractivity contribution in [2.45, 2.75) is 6.04 Å². The third-order valence-corrected chi connectivity index (χ3v) is 4.43. The number of benzene rings is 2. The summed E-state index contributed by atoms with van der Waals surface area (Å²) in [7, 11) is 2.03. The summed E-state index contributed by atoms with van der Waals surface area (Å²) >= 11 is 5.78. The lowest BCUT2D eigenvalue weighted by Gasteiger charge is -2.40. The molecule has 23 heavy (non-hydrogen) atoms. The van der Waals surface area contributed by atoms with Gasteiger partial charge in [0.25, 0.3) is 5.91 Å². The van der Waals surface area contributed by atoms with Crippen LogP contribution in [0.1, 0.15) is 22.0 Å². The maximum absolute atomic E-state index is 14.1. The molecule has 1 atom stereocenters. The Kier molecular flexibility index (Phi) is 4.64. The molecule has 0 radical (unpaired) electrons. The Hall–Kier alpha value is -1.91. The number of nitrogens with zero attached hydrogens (tertiary/aromatic N) is 2. The van der Waals surface area contributed by atoms with Gasteiger partial charge < -0.3 is 9.80 Å². The molecule has 1 saturated heterocycles. The predicted molar refractivity (Wildman–Crippen MR) is 89.1 cm³/mol. The van der Waals surface area contributed by atoms with E-state index in [1.807, 2.05) is 37.4 Å². The first kappa shape index (κ1) is 16.0. The normalized spacial score (nSPS) is 18.9. The van der Waals surface area contributed by atoms with Gasteiger partial charge in [0, 0.05) is 24.7 Å². The van der Waals surface area contributed by atoms with Crippen molar-refractivity contribution >= 4 is 17.5 Å². The first-order chi connectivity index (χ1) is 11.1. The maximum atomic E-state index is 14.1. The molecule has 1 amide bonds. The summed E-state index contributed by atoms with van der Waals surface area (Å²) in [5, 5.41) is 0.289. The fourth-order valence-electron chi connectivity index (χ4n) is 2.94. The number of hydrogen-bond donors (Lipinski definition) is 0. The fraction of sp³-hybridized carbons (Fsp3) is 0.278. The van der Waals surface area contributed by atoms with E-state index in [1.54, 1.807) is 11.0 Å². The van der Waals surface area contributed by atoms with E-state index in [-0.39, 0.29) is 22.5 Å². The number of hydrogen-bond acceptors (Lipinski definition) is 2. The lowest BCUT2D eigenvalue weighted by molar-refractivity contribution is 0.0493. The van der Waals surface area contributed by atoms with Crippen molar-refractivity contribution in [3.8, 4) is 0 Å². The number of rotatable bonds is 2. The van der Waals surface area contributed by atoms with E-state index in [1.165, 1.54) is 12.1 Å². The zero-order valence-corrected chi connectivity index (χ0v) is 13.6. The minimum atomic E-state index is -0.576. The molecule has 2 aromatic carbocycles. The number of halogens is 2. The molecular weight excluding hydrogens is 315 g/mol. The maximum Gasteiger partial charge on any atom is 0.257 e. The lowest BCUT2D eigenvalue weighted by atomic mass is 10.0. The summed E-state index contributed by atoms with van der Waals surface area (Å²) in [5.41, 5.74) is 1.13. The highest BCUT2D eigenvalue weighted by molar-refractivity contribution is 6.30. The van der Waals surface area contributed by atoms with E-state index in [4.69, 9.17) is 11.6 Å². The molecule has 1 aliphatic heterocycles. The molecular formula is C18H18ClFN2O. The van der Waals surface area contributed by atoms with Crippen LogP contribution in [0.4, 0.5) is 4.39 Å². The molecule has 120 valence electrons. The van der Waals surface area contributed by atoms with Crippen molar-refractivity contribution in [1.82, 2.24) is 9.80 Å². The molecule has 0 saturated carbocycles. The van der Waals surface area contributed by atoms with Gasteiger partial charge in [-0.1, -0.05) is 41.9 Å². The van der Waals surface area contributed by atoms with Gasteiger partial charge >= 0.3 is 0 Å². The van der Waals surface area contributed by atoms with Crippen LogP contribution in [0.15, 0.2) is 48.5 Å². The third kappa shape index (κ3) is 3.38.